The molecule has 2 rings (SSSR count). The largest absolute Gasteiger partial charge is 0.376 e. The van der Waals surface area contributed by atoms with Gasteiger partial charge in [0.25, 0.3) is 0 Å². The normalized spacial score (nSPS) is 23.0. The van der Waals surface area contributed by atoms with Gasteiger partial charge in [-0.25, -0.2) is 4.39 Å². The molecule has 1 aromatic rings. The third kappa shape index (κ3) is 2.82. The lowest BCUT2D eigenvalue weighted by atomic mass is 10.1. The van der Waals surface area contributed by atoms with Gasteiger partial charge in [0.05, 0.1) is 18.8 Å². The Hall–Kier alpha value is -1.44. The second-order valence-corrected chi connectivity index (χ2v) is 4.26. The fraction of sp³-hybridized carbons (Fsp3) is 0.462. The van der Waals surface area contributed by atoms with Gasteiger partial charge >= 0.3 is 0 Å². The topological polar surface area (TPSA) is 36.3 Å². The molecule has 1 aromatic carbocycles. The molecule has 3 nitrogen and oxygen atoms in total. The Balaban J connectivity index is 2.19. The van der Waals surface area contributed by atoms with E-state index in [0.29, 0.717) is 25.3 Å². The number of rotatable bonds is 2. The van der Waals surface area contributed by atoms with Crippen molar-refractivity contribution < 1.29 is 9.13 Å². The Bertz CT molecular complexity index is 430. The van der Waals surface area contributed by atoms with Gasteiger partial charge < -0.3 is 4.74 Å². The number of hydrogen-bond acceptors (Lipinski definition) is 3. The number of nitriles is 1. The summed E-state index contributed by atoms with van der Waals surface area (Å²) in [6.07, 6.45) is 0.119. The number of halogens is 1. The first-order valence-corrected chi connectivity index (χ1v) is 5.71. The van der Waals surface area contributed by atoms with Gasteiger partial charge in [-0.05, 0) is 24.6 Å². The van der Waals surface area contributed by atoms with Crippen LogP contribution in [0.5, 0.6) is 0 Å². The Kier molecular flexibility index (Phi) is 3.72. The second-order valence-electron chi connectivity index (χ2n) is 4.26. The van der Waals surface area contributed by atoms with Crippen LogP contribution in [0.3, 0.4) is 0 Å². The number of morpholine rings is 1. The lowest BCUT2D eigenvalue weighted by molar-refractivity contribution is -0.0269. The van der Waals surface area contributed by atoms with Crippen LogP contribution in [0.4, 0.5) is 4.39 Å². The summed E-state index contributed by atoms with van der Waals surface area (Å²) in [5, 5.41) is 9.25. The highest BCUT2D eigenvalue weighted by Gasteiger charge is 2.25. The summed E-state index contributed by atoms with van der Waals surface area (Å²) in [5.74, 6) is -0.302. The van der Waals surface area contributed by atoms with Gasteiger partial charge in [-0.3, -0.25) is 4.90 Å². The molecular formula is C13H15FN2O. The molecule has 0 amide bonds. The highest BCUT2D eigenvalue weighted by molar-refractivity contribution is 5.25. The Labute approximate surface area is 100 Å². The van der Waals surface area contributed by atoms with Crippen LogP contribution < -0.4 is 0 Å². The molecule has 0 unspecified atom stereocenters. The SMILES string of the molecule is C[C@H]1CN([C@@H](C#N)c2cccc(F)c2)CCO1. The van der Waals surface area contributed by atoms with Crippen LogP contribution in [-0.4, -0.2) is 30.7 Å². The second kappa shape index (κ2) is 5.26. The minimum absolute atomic E-state index is 0.119. The summed E-state index contributed by atoms with van der Waals surface area (Å²) < 4.78 is 18.6. The average molecular weight is 234 g/mol. The van der Waals surface area contributed by atoms with Gasteiger partial charge in [-0.1, -0.05) is 12.1 Å². The van der Waals surface area contributed by atoms with Crippen molar-refractivity contribution in [1.29, 1.82) is 5.26 Å². The summed E-state index contributed by atoms with van der Waals surface area (Å²) in [7, 11) is 0. The van der Waals surface area contributed by atoms with Crippen LogP contribution in [0.15, 0.2) is 24.3 Å². The van der Waals surface area contributed by atoms with Crippen molar-refractivity contribution in [2.24, 2.45) is 0 Å². The molecule has 0 N–H and O–H groups in total. The van der Waals surface area contributed by atoms with Gasteiger partial charge in [0, 0.05) is 13.1 Å². The van der Waals surface area contributed by atoms with E-state index in [1.165, 1.54) is 12.1 Å². The first-order chi connectivity index (χ1) is 8.20. The molecule has 1 heterocycles. The smallest absolute Gasteiger partial charge is 0.124 e. The standard InChI is InChI=1S/C13H15FN2O/c1-10-9-16(5-6-17-10)13(8-15)11-3-2-4-12(14)7-11/h2-4,7,10,13H,5-6,9H2,1H3/t10-,13-/m0/s1. The average Bonchev–Trinajstić information content (AvgIpc) is 2.30. The van der Waals surface area contributed by atoms with E-state index in [1.54, 1.807) is 12.1 Å². The summed E-state index contributed by atoms with van der Waals surface area (Å²) in [5.41, 5.74) is 0.710. The summed E-state index contributed by atoms with van der Waals surface area (Å²) >= 11 is 0. The molecular weight excluding hydrogens is 219 g/mol. The monoisotopic (exact) mass is 234 g/mol. The van der Waals surface area contributed by atoms with Gasteiger partial charge in [-0.2, -0.15) is 5.26 Å². The molecule has 2 atom stereocenters. The molecule has 1 fully saturated rings. The fourth-order valence-corrected chi connectivity index (χ4v) is 2.12. The first kappa shape index (κ1) is 12.0. The lowest BCUT2D eigenvalue weighted by Gasteiger charge is -2.34. The van der Waals surface area contributed by atoms with Gasteiger partial charge in [0.15, 0.2) is 0 Å². The maximum atomic E-state index is 13.2. The molecule has 0 aliphatic carbocycles. The molecule has 0 bridgehead atoms. The number of benzene rings is 1. The minimum atomic E-state index is -0.392. The van der Waals surface area contributed by atoms with Gasteiger partial charge in [0.1, 0.15) is 11.9 Å². The number of hydrogen-bond donors (Lipinski definition) is 0. The van der Waals surface area contributed by atoms with Crippen molar-refractivity contribution in [3.05, 3.63) is 35.6 Å². The van der Waals surface area contributed by atoms with Crippen molar-refractivity contribution in [3.63, 3.8) is 0 Å². The van der Waals surface area contributed by atoms with E-state index in [-0.39, 0.29) is 11.9 Å². The molecule has 0 aromatic heterocycles. The summed E-state index contributed by atoms with van der Waals surface area (Å²) in [6, 6.07) is 8.09. The summed E-state index contributed by atoms with van der Waals surface area (Å²) in [4.78, 5) is 2.03. The van der Waals surface area contributed by atoms with Crippen molar-refractivity contribution in [3.8, 4) is 6.07 Å². The maximum absolute atomic E-state index is 13.2. The maximum Gasteiger partial charge on any atom is 0.124 e. The molecule has 4 heteroatoms. The van der Waals surface area contributed by atoms with Crippen molar-refractivity contribution in [2.45, 2.75) is 19.1 Å². The van der Waals surface area contributed by atoms with Crippen molar-refractivity contribution >= 4 is 0 Å². The van der Waals surface area contributed by atoms with E-state index in [0.717, 1.165) is 0 Å². The van der Waals surface area contributed by atoms with Gasteiger partial charge in [-0.15, -0.1) is 0 Å². The van der Waals surface area contributed by atoms with E-state index < -0.39 is 6.04 Å². The predicted octanol–water partition coefficient (Wildman–Crippen LogP) is 2.11. The van der Waals surface area contributed by atoms with Crippen molar-refractivity contribution in [1.82, 2.24) is 4.90 Å². The van der Waals surface area contributed by atoms with Crippen LogP contribution >= 0.6 is 0 Å². The molecule has 0 radical (unpaired) electrons. The Morgan fingerprint density at radius 1 is 1.59 bits per heavy atom. The van der Waals surface area contributed by atoms with Crippen LogP contribution in [-0.2, 0) is 4.74 Å². The fourth-order valence-electron chi connectivity index (χ4n) is 2.12. The third-order valence-electron chi connectivity index (χ3n) is 2.92. The molecule has 1 aliphatic rings. The van der Waals surface area contributed by atoms with E-state index in [4.69, 9.17) is 4.74 Å². The number of ether oxygens (including phenoxy) is 1. The predicted molar refractivity (Wildman–Crippen MR) is 61.7 cm³/mol. The molecule has 1 aliphatic heterocycles. The Morgan fingerprint density at radius 2 is 2.41 bits per heavy atom. The number of nitrogens with zero attached hydrogens (tertiary/aromatic N) is 2. The lowest BCUT2D eigenvalue weighted by Crippen LogP contribution is -2.42. The van der Waals surface area contributed by atoms with Crippen LogP contribution in [0.2, 0.25) is 0 Å². The van der Waals surface area contributed by atoms with E-state index in [2.05, 4.69) is 6.07 Å². The molecule has 17 heavy (non-hydrogen) atoms. The van der Waals surface area contributed by atoms with Crippen LogP contribution in [0.1, 0.15) is 18.5 Å². The van der Waals surface area contributed by atoms with Crippen LogP contribution in [0, 0.1) is 17.1 Å². The molecule has 0 saturated carbocycles. The quantitative estimate of drug-likeness (QED) is 0.786. The Morgan fingerprint density at radius 3 is 3.06 bits per heavy atom. The van der Waals surface area contributed by atoms with Crippen molar-refractivity contribution in [2.75, 3.05) is 19.7 Å². The third-order valence-corrected chi connectivity index (χ3v) is 2.92. The minimum Gasteiger partial charge on any atom is -0.376 e. The zero-order chi connectivity index (χ0) is 12.3. The molecule has 1 saturated heterocycles. The van der Waals surface area contributed by atoms with E-state index >= 15 is 0 Å². The highest BCUT2D eigenvalue weighted by Crippen LogP contribution is 2.22. The summed E-state index contributed by atoms with van der Waals surface area (Å²) in [6.45, 7) is 4.01. The van der Waals surface area contributed by atoms with Gasteiger partial charge in [0.2, 0.25) is 0 Å². The van der Waals surface area contributed by atoms with Crippen LogP contribution in [0.25, 0.3) is 0 Å². The zero-order valence-corrected chi connectivity index (χ0v) is 9.77. The first-order valence-electron chi connectivity index (χ1n) is 5.71. The molecule has 90 valence electrons. The van der Waals surface area contributed by atoms with E-state index in [9.17, 15) is 9.65 Å². The highest BCUT2D eigenvalue weighted by atomic mass is 19.1. The molecule has 0 spiro atoms. The van der Waals surface area contributed by atoms with E-state index in [1.807, 2.05) is 11.8 Å². The zero-order valence-electron chi connectivity index (χ0n) is 9.77.